The van der Waals surface area contributed by atoms with Crippen LogP contribution in [0.3, 0.4) is 0 Å². The normalized spacial score (nSPS) is 12.1. The number of hydrogen-bond acceptors (Lipinski definition) is 3. The average Bonchev–Trinajstić information content (AvgIpc) is 2.57. The number of amides is 1. The van der Waals surface area contributed by atoms with Crippen molar-refractivity contribution in [2.45, 2.75) is 6.04 Å². The van der Waals surface area contributed by atoms with Gasteiger partial charge in [-0.05, 0) is 50.0 Å². The van der Waals surface area contributed by atoms with Crippen LogP contribution in [0.25, 0.3) is 0 Å². The van der Waals surface area contributed by atoms with Crippen molar-refractivity contribution in [2.24, 2.45) is 0 Å². The Labute approximate surface area is 147 Å². The zero-order valence-electron chi connectivity index (χ0n) is 14.9. The summed E-state index contributed by atoms with van der Waals surface area (Å²) in [5.74, 6) is -2.43. The molecule has 6 heteroatoms. The van der Waals surface area contributed by atoms with E-state index in [1.54, 1.807) is 0 Å². The number of carbonyl (C=O) groups excluding carboxylic acids is 1. The van der Waals surface area contributed by atoms with Crippen molar-refractivity contribution in [2.75, 3.05) is 39.6 Å². The monoisotopic (exact) mass is 347 g/mol. The molecule has 0 aliphatic carbocycles. The zero-order chi connectivity index (χ0) is 18.6. The van der Waals surface area contributed by atoms with Crippen LogP contribution in [0.1, 0.15) is 22.0 Å². The third kappa shape index (κ3) is 4.76. The fourth-order valence-electron chi connectivity index (χ4n) is 2.52. The molecule has 0 spiro atoms. The van der Waals surface area contributed by atoms with Crippen LogP contribution in [0.2, 0.25) is 0 Å². The van der Waals surface area contributed by atoms with Crippen molar-refractivity contribution in [1.82, 2.24) is 10.2 Å². The van der Waals surface area contributed by atoms with Crippen LogP contribution >= 0.6 is 0 Å². The zero-order valence-corrected chi connectivity index (χ0v) is 14.9. The second kappa shape index (κ2) is 8.07. The van der Waals surface area contributed by atoms with Gasteiger partial charge in [-0.1, -0.05) is 12.1 Å². The second-order valence-electron chi connectivity index (χ2n) is 6.30. The summed E-state index contributed by atoms with van der Waals surface area (Å²) in [6.45, 7) is 0.353. The van der Waals surface area contributed by atoms with Gasteiger partial charge in [0, 0.05) is 31.9 Å². The molecule has 1 unspecified atom stereocenters. The molecule has 2 rings (SSSR count). The van der Waals surface area contributed by atoms with E-state index >= 15 is 0 Å². The molecular weight excluding hydrogens is 324 g/mol. The van der Waals surface area contributed by atoms with Gasteiger partial charge in [-0.2, -0.15) is 0 Å². The van der Waals surface area contributed by atoms with E-state index in [0.717, 1.165) is 23.4 Å². The Kier molecular flexibility index (Phi) is 6.09. The summed E-state index contributed by atoms with van der Waals surface area (Å²) >= 11 is 0. The van der Waals surface area contributed by atoms with Crippen molar-refractivity contribution in [3.05, 3.63) is 65.2 Å². The number of hydrogen-bond donors (Lipinski definition) is 1. The van der Waals surface area contributed by atoms with Gasteiger partial charge >= 0.3 is 0 Å². The number of anilines is 1. The molecule has 1 N–H and O–H groups in total. The number of halogens is 2. The molecule has 0 aliphatic heterocycles. The van der Waals surface area contributed by atoms with Gasteiger partial charge in [0.15, 0.2) is 11.6 Å². The van der Waals surface area contributed by atoms with Crippen LogP contribution < -0.4 is 10.2 Å². The second-order valence-corrected chi connectivity index (χ2v) is 6.30. The lowest BCUT2D eigenvalue weighted by molar-refractivity contribution is 0.0941. The van der Waals surface area contributed by atoms with E-state index < -0.39 is 17.5 Å². The summed E-state index contributed by atoms with van der Waals surface area (Å²) in [5.41, 5.74) is 2.24. The maximum atomic E-state index is 13.3. The van der Waals surface area contributed by atoms with Gasteiger partial charge in [0.25, 0.3) is 5.91 Å². The molecule has 0 fully saturated rings. The first kappa shape index (κ1) is 18.9. The Morgan fingerprint density at radius 3 is 2.16 bits per heavy atom. The lowest BCUT2D eigenvalue weighted by Crippen LogP contribution is -2.34. The summed E-state index contributed by atoms with van der Waals surface area (Å²) in [5, 5.41) is 2.78. The van der Waals surface area contributed by atoms with Crippen LogP contribution in [-0.2, 0) is 0 Å². The van der Waals surface area contributed by atoms with Crippen LogP contribution in [0.4, 0.5) is 14.5 Å². The summed E-state index contributed by atoms with van der Waals surface area (Å²) in [6.07, 6.45) is 0. The van der Waals surface area contributed by atoms with E-state index in [2.05, 4.69) is 5.32 Å². The quantitative estimate of drug-likeness (QED) is 0.872. The largest absolute Gasteiger partial charge is 0.378 e. The predicted molar refractivity (Wildman–Crippen MR) is 95.9 cm³/mol. The Morgan fingerprint density at radius 1 is 1.00 bits per heavy atom. The van der Waals surface area contributed by atoms with E-state index in [4.69, 9.17) is 0 Å². The lowest BCUT2D eigenvalue weighted by atomic mass is 10.0. The SMILES string of the molecule is CN(C)c1ccc(C(CNC(=O)c2ccc(F)c(F)c2)N(C)C)cc1. The molecule has 4 nitrogen and oxygen atoms in total. The molecule has 0 heterocycles. The molecule has 2 aromatic carbocycles. The fourth-order valence-corrected chi connectivity index (χ4v) is 2.52. The molecule has 0 aliphatic rings. The van der Waals surface area contributed by atoms with Gasteiger partial charge in [0.1, 0.15) is 0 Å². The molecule has 134 valence electrons. The van der Waals surface area contributed by atoms with Gasteiger partial charge in [0.05, 0.1) is 6.04 Å². The minimum atomic E-state index is -1.03. The molecule has 25 heavy (non-hydrogen) atoms. The first-order valence-electron chi connectivity index (χ1n) is 7.96. The summed E-state index contributed by atoms with van der Waals surface area (Å²) in [6, 6.07) is 11.2. The maximum absolute atomic E-state index is 13.3. The standard InChI is InChI=1S/C19H23F2N3O/c1-23(2)15-8-5-13(6-9-15)18(24(3)4)12-22-19(25)14-7-10-16(20)17(21)11-14/h5-11,18H,12H2,1-4H3,(H,22,25). The van der Waals surface area contributed by atoms with Crippen molar-refractivity contribution in [3.8, 4) is 0 Å². The average molecular weight is 347 g/mol. The Morgan fingerprint density at radius 2 is 1.64 bits per heavy atom. The van der Waals surface area contributed by atoms with E-state index in [0.29, 0.717) is 6.54 Å². The number of nitrogens with one attached hydrogen (secondary N) is 1. The van der Waals surface area contributed by atoms with Crippen LogP contribution in [0, 0.1) is 11.6 Å². The van der Waals surface area contributed by atoms with E-state index in [9.17, 15) is 13.6 Å². The first-order chi connectivity index (χ1) is 11.8. The maximum Gasteiger partial charge on any atom is 0.251 e. The molecule has 0 saturated heterocycles. The Bertz CT molecular complexity index is 730. The number of rotatable bonds is 6. The molecule has 1 amide bonds. The molecule has 1 atom stereocenters. The summed E-state index contributed by atoms with van der Waals surface area (Å²) in [7, 11) is 7.80. The van der Waals surface area contributed by atoms with Gasteiger partial charge in [0.2, 0.25) is 0 Å². The Balaban J connectivity index is 2.08. The highest BCUT2D eigenvalue weighted by atomic mass is 19.2. The van der Waals surface area contributed by atoms with Crippen LogP contribution in [-0.4, -0.2) is 45.5 Å². The molecule has 0 saturated carbocycles. The number of nitrogens with zero attached hydrogens (tertiary/aromatic N) is 2. The van der Waals surface area contributed by atoms with E-state index in [1.807, 2.05) is 62.3 Å². The lowest BCUT2D eigenvalue weighted by Gasteiger charge is -2.26. The highest BCUT2D eigenvalue weighted by Gasteiger charge is 2.17. The van der Waals surface area contributed by atoms with Gasteiger partial charge in [-0.25, -0.2) is 8.78 Å². The van der Waals surface area contributed by atoms with Crippen molar-refractivity contribution in [1.29, 1.82) is 0 Å². The number of likely N-dealkylation sites (N-methyl/N-ethyl adjacent to an activating group) is 1. The smallest absolute Gasteiger partial charge is 0.251 e. The molecular formula is C19H23F2N3O. The number of carbonyl (C=O) groups is 1. The van der Waals surface area contributed by atoms with Gasteiger partial charge < -0.3 is 15.1 Å². The van der Waals surface area contributed by atoms with Crippen LogP contribution in [0.5, 0.6) is 0 Å². The van der Waals surface area contributed by atoms with E-state index in [-0.39, 0.29) is 11.6 Å². The third-order valence-corrected chi connectivity index (χ3v) is 4.06. The van der Waals surface area contributed by atoms with Crippen LogP contribution in [0.15, 0.2) is 42.5 Å². The van der Waals surface area contributed by atoms with Gasteiger partial charge in [-0.3, -0.25) is 4.79 Å². The minimum Gasteiger partial charge on any atom is -0.378 e. The molecule has 0 bridgehead atoms. The van der Waals surface area contributed by atoms with Crippen molar-refractivity contribution in [3.63, 3.8) is 0 Å². The van der Waals surface area contributed by atoms with Gasteiger partial charge in [-0.15, -0.1) is 0 Å². The molecule has 0 radical (unpaired) electrons. The topological polar surface area (TPSA) is 35.6 Å². The molecule has 0 aromatic heterocycles. The highest BCUT2D eigenvalue weighted by molar-refractivity contribution is 5.94. The summed E-state index contributed by atoms with van der Waals surface area (Å²) in [4.78, 5) is 16.2. The minimum absolute atomic E-state index is 0.0366. The van der Waals surface area contributed by atoms with Crippen molar-refractivity contribution >= 4 is 11.6 Å². The third-order valence-electron chi connectivity index (χ3n) is 4.06. The van der Waals surface area contributed by atoms with Crippen molar-refractivity contribution < 1.29 is 13.6 Å². The summed E-state index contributed by atoms with van der Waals surface area (Å²) < 4.78 is 26.2. The Hall–Kier alpha value is -2.47. The number of benzene rings is 2. The predicted octanol–water partition coefficient (Wildman–Crippen LogP) is 3.06. The fraction of sp³-hybridized carbons (Fsp3) is 0.316. The van der Waals surface area contributed by atoms with E-state index in [1.165, 1.54) is 6.07 Å². The highest BCUT2D eigenvalue weighted by Crippen LogP contribution is 2.21. The molecule has 2 aromatic rings. The first-order valence-corrected chi connectivity index (χ1v) is 7.96.